The van der Waals surface area contributed by atoms with Crippen LogP contribution in [-0.4, -0.2) is 70.8 Å². The minimum absolute atomic E-state index is 0.00350. The second-order valence-corrected chi connectivity index (χ2v) is 6.12. The highest BCUT2D eigenvalue weighted by Gasteiger charge is 2.38. The van der Waals surface area contributed by atoms with Gasteiger partial charge in [-0.2, -0.15) is 5.06 Å². The van der Waals surface area contributed by atoms with Crippen LogP contribution >= 0.6 is 11.8 Å². The molecule has 10 heteroatoms. The lowest BCUT2D eigenvalue weighted by Gasteiger charge is -2.17. The molecule has 0 aromatic carbocycles. The van der Waals surface area contributed by atoms with E-state index in [-0.39, 0.29) is 38.0 Å². The number of nitrogens with zero attached hydrogens (tertiary/aromatic N) is 2. The zero-order valence-electron chi connectivity index (χ0n) is 13.1. The molecule has 0 spiro atoms. The van der Waals surface area contributed by atoms with Crippen molar-refractivity contribution in [3.05, 3.63) is 0 Å². The molecular formula is C14H18N2O7S. The van der Waals surface area contributed by atoms with E-state index >= 15 is 0 Å². The number of hydroxylamine groups is 2. The highest BCUT2D eigenvalue weighted by Crippen LogP contribution is 2.24. The van der Waals surface area contributed by atoms with Crippen molar-refractivity contribution in [3.8, 4) is 0 Å². The number of hydrogen-bond donors (Lipinski definition) is 0. The van der Waals surface area contributed by atoms with Crippen LogP contribution in [0.2, 0.25) is 0 Å². The smallest absolute Gasteiger partial charge is 0.334 e. The predicted molar refractivity (Wildman–Crippen MR) is 82.4 cm³/mol. The molecule has 1 atom stereocenters. The Morgan fingerprint density at radius 2 is 2.00 bits per heavy atom. The van der Waals surface area contributed by atoms with E-state index in [1.807, 2.05) is 0 Å². The third-order valence-corrected chi connectivity index (χ3v) is 4.27. The largest absolute Gasteiger partial charge is 0.338 e. The van der Waals surface area contributed by atoms with E-state index in [9.17, 15) is 28.8 Å². The molecule has 1 rings (SSSR count). The van der Waals surface area contributed by atoms with Crippen LogP contribution in [0.5, 0.6) is 0 Å². The van der Waals surface area contributed by atoms with Gasteiger partial charge in [-0.25, -0.2) is 4.79 Å². The average Bonchev–Trinajstić information content (AvgIpc) is 2.82. The van der Waals surface area contributed by atoms with Gasteiger partial charge in [-0.3, -0.25) is 19.3 Å². The van der Waals surface area contributed by atoms with Crippen LogP contribution < -0.4 is 0 Å². The van der Waals surface area contributed by atoms with E-state index in [0.717, 1.165) is 21.7 Å². The summed E-state index contributed by atoms with van der Waals surface area (Å²) in [5.74, 6) is -2.04. The number of rotatable bonds is 9. The molecule has 9 nitrogen and oxygen atoms in total. The van der Waals surface area contributed by atoms with Gasteiger partial charge >= 0.3 is 5.97 Å². The Labute approximate surface area is 142 Å². The fourth-order valence-corrected chi connectivity index (χ4v) is 2.81. The maximum absolute atomic E-state index is 12.0. The lowest BCUT2D eigenvalue weighted by Crippen LogP contribution is -2.35. The average molecular weight is 358 g/mol. The van der Waals surface area contributed by atoms with Gasteiger partial charge in [0.15, 0.2) is 0 Å². The number of thioether (sulfide) groups is 1. The van der Waals surface area contributed by atoms with Gasteiger partial charge in [0.1, 0.15) is 12.6 Å². The van der Waals surface area contributed by atoms with Crippen LogP contribution in [0.25, 0.3) is 0 Å². The second-order valence-electron chi connectivity index (χ2n) is 4.89. The molecule has 0 N–H and O–H groups in total. The summed E-state index contributed by atoms with van der Waals surface area (Å²) in [4.78, 5) is 73.2. The monoisotopic (exact) mass is 358 g/mol. The van der Waals surface area contributed by atoms with E-state index < -0.39 is 28.9 Å². The van der Waals surface area contributed by atoms with Crippen LogP contribution in [-0.2, 0) is 33.6 Å². The number of amides is 3. The summed E-state index contributed by atoms with van der Waals surface area (Å²) in [6, 6.07) is 0. The summed E-state index contributed by atoms with van der Waals surface area (Å²) in [5, 5.41) is 0.119. The van der Waals surface area contributed by atoms with Gasteiger partial charge in [0.25, 0.3) is 5.91 Å². The number of aldehydes is 2. The van der Waals surface area contributed by atoms with Crippen molar-refractivity contribution >= 4 is 48.0 Å². The molecule has 0 aromatic rings. The second kappa shape index (κ2) is 9.81. The van der Waals surface area contributed by atoms with Crippen molar-refractivity contribution < 1.29 is 33.6 Å². The van der Waals surface area contributed by atoms with Crippen LogP contribution in [0, 0.1) is 0 Å². The van der Waals surface area contributed by atoms with Gasteiger partial charge in [0.05, 0.1) is 11.7 Å². The van der Waals surface area contributed by atoms with E-state index in [4.69, 9.17) is 4.84 Å². The Balaban J connectivity index is 2.42. The maximum atomic E-state index is 12.0. The molecule has 0 saturated carbocycles. The van der Waals surface area contributed by atoms with Crippen molar-refractivity contribution in [2.45, 2.75) is 30.9 Å². The van der Waals surface area contributed by atoms with E-state index in [1.165, 1.54) is 7.05 Å². The minimum Gasteiger partial charge on any atom is -0.338 e. The summed E-state index contributed by atoms with van der Waals surface area (Å²) in [7, 11) is 1.24. The first-order valence-corrected chi connectivity index (χ1v) is 8.26. The van der Waals surface area contributed by atoms with Crippen LogP contribution in [0.3, 0.4) is 0 Å². The van der Waals surface area contributed by atoms with Crippen molar-refractivity contribution in [1.29, 1.82) is 0 Å². The highest BCUT2D eigenvalue weighted by atomic mass is 32.2. The molecule has 1 unspecified atom stereocenters. The van der Waals surface area contributed by atoms with Gasteiger partial charge in [-0.1, -0.05) is 0 Å². The van der Waals surface area contributed by atoms with Crippen molar-refractivity contribution in [2.24, 2.45) is 0 Å². The Bertz CT molecular complexity index is 537. The summed E-state index contributed by atoms with van der Waals surface area (Å²) >= 11 is 1.08. The normalized spacial score (nSPS) is 16.9. The first-order valence-electron chi connectivity index (χ1n) is 7.21. The van der Waals surface area contributed by atoms with E-state index in [0.29, 0.717) is 12.6 Å². The number of hydrogen-bond acceptors (Lipinski definition) is 8. The minimum atomic E-state index is -0.776. The Morgan fingerprint density at radius 1 is 1.29 bits per heavy atom. The lowest BCUT2D eigenvalue weighted by molar-refractivity contribution is -0.193. The van der Waals surface area contributed by atoms with Crippen molar-refractivity contribution in [1.82, 2.24) is 9.96 Å². The summed E-state index contributed by atoms with van der Waals surface area (Å²) in [5.41, 5.74) is 0. The molecule has 1 aliphatic rings. The third kappa shape index (κ3) is 5.76. The summed E-state index contributed by atoms with van der Waals surface area (Å²) < 4.78 is 0. The quantitative estimate of drug-likeness (QED) is 0.303. The Kier molecular flexibility index (Phi) is 8.10. The fraction of sp³-hybridized carbons (Fsp3) is 0.571. The van der Waals surface area contributed by atoms with Gasteiger partial charge in [-0.15, -0.1) is 11.8 Å². The van der Waals surface area contributed by atoms with Crippen LogP contribution in [0.15, 0.2) is 0 Å². The highest BCUT2D eigenvalue weighted by molar-refractivity contribution is 8.01. The zero-order chi connectivity index (χ0) is 18.1. The molecule has 0 aromatic heterocycles. The Hall–Kier alpha value is -2.23. The third-order valence-electron chi connectivity index (χ3n) is 3.17. The van der Waals surface area contributed by atoms with E-state index in [2.05, 4.69) is 0 Å². The molecule has 0 aliphatic carbocycles. The lowest BCUT2D eigenvalue weighted by atomic mass is 10.3. The van der Waals surface area contributed by atoms with Crippen LogP contribution in [0.1, 0.15) is 25.7 Å². The molecule has 0 radical (unpaired) electrons. The van der Waals surface area contributed by atoms with Gasteiger partial charge in [-0.05, 0) is 0 Å². The van der Waals surface area contributed by atoms with Crippen LogP contribution in [0.4, 0.5) is 0 Å². The maximum Gasteiger partial charge on any atom is 0.334 e. The molecule has 132 valence electrons. The van der Waals surface area contributed by atoms with Gasteiger partial charge < -0.3 is 14.4 Å². The van der Waals surface area contributed by atoms with Gasteiger partial charge in [0, 0.05) is 38.6 Å². The molecule has 0 bridgehead atoms. The molecule has 1 heterocycles. The zero-order valence-corrected chi connectivity index (χ0v) is 14.0. The molecule has 1 fully saturated rings. The number of carbonyl (C=O) groups excluding carboxylic acids is 6. The summed E-state index contributed by atoms with van der Waals surface area (Å²) in [6.07, 6.45) is 0.921. The number of imide groups is 1. The SMILES string of the molecule is CN(OC(=O)CCN1C(=O)CC(SCC=O)C1=O)C(=O)CCC=O. The molecule has 24 heavy (non-hydrogen) atoms. The first-order chi connectivity index (χ1) is 11.4. The fourth-order valence-electron chi connectivity index (χ4n) is 1.97. The van der Waals surface area contributed by atoms with Crippen molar-refractivity contribution in [3.63, 3.8) is 0 Å². The molecule has 1 saturated heterocycles. The number of likely N-dealkylation sites (tertiary alicyclic amines) is 1. The summed E-state index contributed by atoms with van der Waals surface area (Å²) in [6.45, 7) is -0.148. The molecule has 3 amide bonds. The van der Waals surface area contributed by atoms with E-state index in [1.54, 1.807) is 0 Å². The van der Waals surface area contributed by atoms with Crippen molar-refractivity contribution in [2.75, 3.05) is 19.3 Å². The Morgan fingerprint density at radius 3 is 2.62 bits per heavy atom. The molecular weight excluding hydrogens is 340 g/mol. The standard InChI is InChI=1S/C14H18N2O7S/c1-15(11(19)3-2-6-17)23-13(21)4-5-16-12(20)9-10(14(16)22)24-8-7-18/h6-7,10H,2-5,8-9H2,1H3. The first kappa shape index (κ1) is 19.8. The topological polar surface area (TPSA) is 118 Å². The molecule has 1 aliphatic heterocycles. The van der Waals surface area contributed by atoms with Gasteiger partial charge in [0.2, 0.25) is 11.8 Å². The predicted octanol–water partition coefficient (Wildman–Crippen LogP) is -0.668. The number of carbonyl (C=O) groups is 6.